The highest BCUT2D eigenvalue weighted by atomic mass is 14.2. The molecule has 0 radical (unpaired) electrons. The lowest BCUT2D eigenvalue weighted by atomic mass is 9.84. The van der Waals surface area contributed by atoms with Gasteiger partial charge in [-0.15, -0.1) is 0 Å². The van der Waals surface area contributed by atoms with Gasteiger partial charge in [-0.1, -0.05) is 66.2 Å². The van der Waals surface area contributed by atoms with Crippen LogP contribution in [0.25, 0.3) is 0 Å². The van der Waals surface area contributed by atoms with Gasteiger partial charge >= 0.3 is 0 Å². The van der Waals surface area contributed by atoms with Crippen LogP contribution in [0.4, 0.5) is 0 Å². The molecule has 74 valence electrons. The summed E-state index contributed by atoms with van der Waals surface area (Å²) in [5, 5.41) is 0. The van der Waals surface area contributed by atoms with Crippen LogP contribution in [0, 0.1) is 11.8 Å². The van der Waals surface area contributed by atoms with E-state index in [0.717, 1.165) is 11.8 Å². The molecule has 0 spiro atoms. The Morgan fingerprint density at radius 3 is 1.75 bits per heavy atom. The molecule has 1 saturated carbocycles. The van der Waals surface area contributed by atoms with Gasteiger partial charge < -0.3 is 0 Å². The molecular weight excluding hydrogens is 144 g/mol. The third kappa shape index (κ3) is 6.69. The van der Waals surface area contributed by atoms with Gasteiger partial charge in [-0.25, -0.2) is 0 Å². The molecule has 0 heterocycles. The molecule has 0 aromatic rings. The Labute approximate surface area is 78.8 Å². The maximum Gasteiger partial charge on any atom is -0.0417 e. The van der Waals surface area contributed by atoms with Crippen LogP contribution in [0.3, 0.4) is 0 Å². The second-order valence-corrected chi connectivity index (χ2v) is 4.39. The van der Waals surface area contributed by atoms with E-state index in [-0.39, 0.29) is 0 Å². The molecule has 0 amide bonds. The first kappa shape index (κ1) is 12.0. The standard InChI is InChI=1S/C6H12.C6H14/c1-2-6-4-3-5-6;1-4-5-6(2)3/h6H,2-5H2,1H3;6H,4-5H2,1-3H3. The zero-order valence-electron chi connectivity index (χ0n) is 9.40. The van der Waals surface area contributed by atoms with Crippen LogP contribution in [0.15, 0.2) is 0 Å². The first-order valence-corrected chi connectivity index (χ1v) is 5.70. The van der Waals surface area contributed by atoms with Crippen LogP contribution in [-0.4, -0.2) is 0 Å². The Kier molecular flexibility index (Phi) is 7.64. The highest BCUT2D eigenvalue weighted by Gasteiger charge is 2.13. The lowest BCUT2D eigenvalue weighted by Crippen LogP contribution is -2.08. The number of hydrogen-bond donors (Lipinski definition) is 0. The fourth-order valence-electron chi connectivity index (χ4n) is 1.48. The van der Waals surface area contributed by atoms with Crippen molar-refractivity contribution in [3.8, 4) is 0 Å². The van der Waals surface area contributed by atoms with Gasteiger partial charge in [0.25, 0.3) is 0 Å². The van der Waals surface area contributed by atoms with Crippen molar-refractivity contribution in [2.24, 2.45) is 11.8 Å². The highest BCUT2D eigenvalue weighted by molar-refractivity contribution is 4.66. The predicted octanol–water partition coefficient (Wildman–Crippen LogP) is 4.64. The summed E-state index contributed by atoms with van der Waals surface area (Å²) < 4.78 is 0. The average molecular weight is 170 g/mol. The molecule has 1 aliphatic carbocycles. The quantitative estimate of drug-likeness (QED) is 0.579. The summed E-state index contributed by atoms with van der Waals surface area (Å²) in [5.41, 5.74) is 0. The third-order valence-corrected chi connectivity index (χ3v) is 2.67. The smallest absolute Gasteiger partial charge is 0.0417 e. The zero-order chi connectivity index (χ0) is 9.40. The van der Waals surface area contributed by atoms with Gasteiger partial charge in [0, 0.05) is 0 Å². The second-order valence-electron chi connectivity index (χ2n) is 4.39. The summed E-state index contributed by atoms with van der Waals surface area (Å²) in [6.07, 6.45) is 8.64. The maximum absolute atomic E-state index is 2.28. The summed E-state index contributed by atoms with van der Waals surface area (Å²) in [4.78, 5) is 0. The average Bonchev–Trinajstić information content (AvgIpc) is 1.85. The van der Waals surface area contributed by atoms with E-state index >= 15 is 0 Å². The topological polar surface area (TPSA) is 0 Å². The molecule has 0 unspecified atom stereocenters. The van der Waals surface area contributed by atoms with Crippen molar-refractivity contribution < 1.29 is 0 Å². The molecule has 0 saturated heterocycles. The van der Waals surface area contributed by atoms with Crippen molar-refractivity contribution in [2.75, 3.05) is 0 Å². The van der Waals surface area contributed by atoms with Crippen molar-refractivity contribution in [2.45, 2.75) is 66.2 Å². The highest BCUT2D eigenvalue weighted by Crippen LogP contribution is 2.28. The summed E-state index contributed by atoms with van der Waals surface area (Å²) >= 11 is 0. The minimum absolute atomic E-state index is 0.898. The number of rotatable bonds is 3. The van der Waals surface area contributed by atoms with E-state index in [2.05, 4.69) is 27.7 Å². The SMILES string of the molecule is CCC1CCC1.CCCC(C)C. The Hall–Kier alpha value is 0. The Morgan fingerprint density at radius 2 is 1.75 bits per heavy atom. The van der Waals surface area contributed by atoms with Crippen LogP contribution >= 0.6 is 0 Å². The summed E-state index contributed by atoms with van der Waals surface area (Å²) in [6.45, 7) is 9.01. The zero-order valence-corrected chi connectivity index (χ0v) is 9.40. The molecule has 0 aromatic heterocycles. The van der Waals surface area contributed by atoms with Crippen molar-refractivity contribution >= 4 is 0 Å². The fraction of sp³-hybridized carbons (Fsp3) is 1.00. The van der Waals surface area contributed by atoms with E-state index < -0.39 is 0 Å². The van der Waals surface area contributed by atoms with Crippen LogP contribution < -0.4 is 0 Å². The summed E-state index contributed by atoms with van der Waals surface area (Å²) in [7, 11) is 0. The minimum atomic E-state index is 0.898. The van der Waals surface area contributed by atoms with E-state index in [1.54, 1.807) is 0 Å². The number of hydrogen-bond acceptors (Lipinski definition) is 0. The van der Waals surface area contributed by atoms with E-state index in [4.69, 9.17) is 0 Å². The maximum atomic E-state index is 2.28. The van der Waals surface area contributed by atoms with Crippen LogP contribution in [0.5, 0.6) is 0 Å². The molecule has 1 fully saturated rings. The molecule has 0 heteroatoms. The Bertz CT molecular complexity index is 77.3. The molecule has 0 N–H and O–H groups in total. The van der Waals surface area contributed by atoms with E-state index in [1.165, 1.54) is 38.5 Å². The van der Waals surface area contributed by atoms with Gasteiger partial charge in [-0.2, -0.15) is 0 Å². The molecule has 1 rings (SSSR count). The molecule has 0 atom stereocenters. The van der Waals surface area contributed by atoms with Crippen molar-refractivity contribution in [3.05, 3.63) is 0 Å². The molecule has 0 aromatic carbocycles. The van der Waals surface area contributed by atoms with Gasteiger partial charge in [-0.05, 0) is 11.8 Å². The van der Waals surface area contributed by atoms with Gasteiger partial charge in [0.15, 0.2) is 0 Å². The van der Waals surface area contributed by atoms with Gasteiger partial charge in [-0.3, -0.25) is 0 Å². The van der Waals surface area contributed by atoms with Crippen LogP contribution in [0.1, 0.15) is 66.2 Å². The van der Waals surface area contributed by atoms with Gasteiger partial charge in [0.2, 0.25) is 0 Å². The first-order chi connectivity index (χ1) is 5.70. The lowest BCUT2D eigenvalue weighted by Gasteiger charge is -2.22. The fourth-order valence-corrected chi connectivity index (χ4v) is 1.48. The predicted molar refractivity (Wildman–Crippen MR) is 57.4 cm³/mol. The second kappa shape index (κ2) is 7.64. The van der Waals surface area contributed by atoms with Crippen molar-refractivity contribution in [3.63, 3.8) is 0 Å². The molecule has 0 bridgehead atoms. The monoisotopic (exact) mass is 170 g/mol. The molecule has 1 aliphatic rings. The Morgan fingerprint density at radius 1 is 1.17 bits per heavy atom. The molecule has 12 heavy (non-hydrogen) atoms. The van der Waals surface area contributed by atoms with Crippen molar-refractivity contribution in [1.29, 1.82) is 0 Å². The van der Waals surface area contributed by atoms with Crippen LogP contribution in [0.2, 0.25) is 0 Å². The minimum Gasteiger partial charge on any atom is -0.0654 e. The first-order valence-electron chi connectivity index (χ1n) is 5.70. The largest absolute Gasteiger partial charge is 0.0654 e. The summed E-state index contributed by atoms with van der Waals surface area (Å²) in [6, 6.07) is 0. The third-order valence-electron chi connectivity index (χ3n) is 2.67. The Balaban J connectivity index is 0.000000202. The van der Waals surface area contributed by atoms with Gasteiger partial charge in [0.1, 0.15) is 0 Å². The van der Waals surface area contributed by atoms with Gasteiger partial charge in [0.05, 0.1) is 0 Å². The van der Waals surface area contributed by atoms with E-state index in [1.807, 2.05) is 0 Å². The summed E-state index contributed by atoms with van der Waals surface area (Å²) in [5.74, 6) is 2.01. The van der Waals surface area contributed by atoms with E-state index in [0.29, 0.717) is 0 Å². The van der Waals surface area contributed by atoms with Crippen molar-refractivity contribution in [1.82, 2.24) is 0 Å². The van der Waals surface area contributed by atoms with E-state index in [9.17, 15) is 0 Å². The molecule has 0 nitrogen and oxygen atoms in total. The normalized spacial score (nSPS) is 16.8. The lowest BCUT2D eigenvalue weighted by molar-refractivity contribution is 0.307. The molecular formula is C12H26. The molecule has 0 aliphatic heterocycles. The van der Waals surface area contributed by atoms with Crippen LogP contribution in [-0.2, 0) is 0 Å².